The Balaban J connectivity index is 2.33. The minimum atomic E-state index is -0.668. The van der Waals surface area contributed by atoms with Crippen molar-refractivity contribution >= 4 is 5.97 Å². The van der Waals surface area contributed by atoms with Crippen LogP contribution < -0.4 is 0 Å². The van der Waals surface area contributed by atoms with Gasteiger partial charge in [0.15, 0.2) is 0 Å². The summed E-state index contributed by atoms with van der Waals surface area (Å²) in [5, 5.41) is 17.3. The molecule has 0 saturated carbocycles. The number of rotatable bonds is 4. The third-order valence-corrected chi connectivity index (χ3v) is 3.10. The van der Waals surface area contributed by atoms with Crippen molar-refractivity contribution in [1.29, 1.82) is 5.26 Å². The maximum Gasteiger partial charge on any atom is 0.306 e. The average Bonchev–Trinajstić information content (AvgIpc) is 2.20. The Morgan fingerprint density at radius 2 is 2.40 bits per heavy atom. The molecule has 84 valence electrons. The molecule has 0 bridgehead atoms. The number of nitrogens with zero attached hydrogens (tertiary/aromatic N) is 2. The van der Waals surface area contributed by atoms with Crippen LogP contribution in [0.2, 0.25) is 0 Å². The maximum atomic E-state index is 10.8. The lowest BCUT2D eigenvalue weighted by atomic mass is 9.91. The third-order valence-electron chi connectivity index (χ3n) is 3.10. The largest absolute Gasteiger partial charge is 0.481 e. The number of hydrogen-bond acceptors (Lipinski definition) is 3. The number of carbonyl (C=O) groups is 1. The quantitative estimate of drug-likeness (QED) is 0.714. The normalized spacial score (nSPS) is 27.2. The van der Waals surface area contributed by atoms with Crippen LogP contribution in [-0.4, -0.2) is 35.1 Å². The third kappa shape index (κ3) is 3.52. The first kappa shape index (κ1) is 12.0. The fraction of sp³-hybridized carbons (Fsp3) is 0.818. The van der Waals surface area contributed by atoms with E-state index in [2.05, 4.69) is 17.9 Å². The molecular weight excluding hydrogens is 192 g/mol. The second-order valence-electron chi connectivity index (χ2n) is 4.21. The van der Waals surface area contributed by atoms with Gasteiger partial charge in [-0.2, -0.15) is 5.26 Å². The summed E-state index contributed by atoms with van der Waals surface area (Å²) in [6.07, 6.45) is 2.96. The number of carboxylic acid groups (broad SMARTS) is 1. The van der Waals surface area contributed by atoms with Gasteiger partial charge in [-0.05, 0) is 39.3 Å². The number of piperidine rings is 1. The highest BCUT2D eigenvalue weighted by Crippen LogP contribution is 2.23. The Morgan fingerprint density at radius 1 is 1.67 bits per heavy atom. The second-order valence-corrected chi connectivity index (χ2v) is 4.21. The zero-order valence-electron chi connectivity index (χ0n) is 9.15. The first-order valence-electron chi connectivity index (χ1n) is 5.49. The zero-order chi connectivity index (χ0) is 11.3. The van der Waals surface area contributed by atoms with E-state index in [1.807, 2.05) is 0 Å². The van der Waals surface area contributed by atoms with Gasteiger partial charge in [0.1, 0.15) is 0 Å². The highest BCUT2D eigenvalue weighted by atomic mass is 16.4. The van der Waals surface area contributed by atoms with Crippen molar-refractivity contribution < 1.29 is 9.90 Å². The molecule has 4 heteroatoms. The number of aliphatic carboxylic acids is 1. The number of hydrogen-bond donors (Lipinski definition) is 1. The van der Waals surface area contributed by atoms with Crippen LogP contribution in [0.1, 0.15) is 32.6 Å². The van der Waals surface area contributed by atoms with E-state index < -0.39 is 5.97 Å². The molecule has 4 nitrogen and oxygen atoms in total. The van der Waals surface area contributed by atoms with E-state index in [4.69, 9.17) is 10.4 Å². The number of unbranched alkanes of at least 4 members (excludes halogenated alkanes) is 1. The first-order valence-corrected chi connectivity index (χ1v) is 5.49. The van der Waals surface area contributed by atoms with Crippen LogP contribution in [-0.2, 0) is 4.79 Å². The topological polar surface area (TPSA) is 64.3 Å². The molecule has 1 aliphatic rings. The molecule has 0 aromatic carbocycles. The SMILES string of the molecule is CC1CC(C(=O)O)CCN1CCCC#N. The zero-order valence-corrected chi connectivity index (χ0v) is 9.15. The summed E-state index contributed by atoms with van der Waals surface area (Å²) < 4.78 is 0. The number of likely N-dealkylation sites (tertiary alicyclic amines) is 1. The molecule has 0 spiro atoms. The van der Waals surface area contributed by atoms with E-state index in [-0.39, 0.29) is 5.92 Å². The van der Waals surface area contributed by atoms with Gasteiger partial charge in [0.2, 0.25) is 0 Å². The summed E-state index contributed by atoms with van der Waals surface area (Å²) in [5.41, 5.74) is 0. The smallest absolute Gasteiger partial charge is 0.306 e. The second kappa shape index (κ2) is 5.72. The molecule has 1 N–H and O–H groups in total. The number of nitriles is 1. The van der Waals surface area contributed by atoms with Gasteiger partial charge in [0.05, 0.1) is 12.0 Å². The average molecular weight is 210 g/mol. The molecule has 0 aromatic rings. The van der Waals surface area contributed by atoms with Gasteiger partial charge >= 0.3 is 5.97 Å². The lowest BCUT2D eigenvalue weighted by Crippen LogP contribution is -2.43. The summed E-state index contributed by atoms with van der Waals surface area (Å²) in [5.74, 6) is -0.842. The van der Waals surface area contributed by atoms with Crippen molar-refractivity contribution in [3.63, 3.8) is 0 Å². The molecule has 1 saturated heterocycles. The van der Waals surface area contributed by atoms with Crippen LogP contribution in [0.3, 0.4) is 0 Å². The summed E-state index contributed by atoms with van der Waals surface area (Å²) in [6.45, 7) is 3.84. The molecule has 1 aliphatic heterocycles. The van der Waals surface area contributed by atoms with Crippen molar-refractivity contribution in [3.8, 4) is 6.07 Å². The summed E-state index contributed by atoms with van der Waals surface area (Å²) in [7, 11) is 0. The van der Waals surface area contributed by atoms with E-state index in [0.29, 0.717) is 12.5 Å². The number of carboxylic acids is 1. The van der Waals surface area contributed by atoms with Crippen molar-refractivity contribution in [1.82, 2.24) is 4.90 Å². The van der Waals surface area contributed by atoms with E-state index in [1.165, 1.54) is 0 Å². The van der Waals surface area contributed by atoms with Crippen molar-refractivity contribution in [2.45, 2.75) is 38.6 Å². The maximum absolute atomic E-state index is 10.8. The standard InChI is InChI=1S/C11H18N2O2/c1-9-8-10(11(14)15)4-7-13(9)6-3-2-5-12/h9-10H,2-4,6-8H2,1H3,(H,14,15). The monoisotopic (exact) mass is 210 g/mol. The molecule has 0 amide bonds. The Kier molecular flexibility index (Phi) is 4.57. The summed E-state index contributed by atoms with van der Waals surface area (Å²) in [6, 6.07) is 2.46. The van der Waals surface area contributed by atoms with Gasteiger partial charge in [-0.25, -0.2) is 0 Å². The molecule has 2 unspecified atom stereocenters. The molecule has 2 atom stereocenters. The lowest BCUT2D eigenvalue weighted by molar-refractivity contribution is -0.144. The fourth-order valence-electron chi connectivity index (χ4n) is 2.14. The van der Waals surface area contributed by atoms with Crippen molar-refractivity contribution in [2.24, 2.45) is 5.92 Å². The molecule has 1 rings (SSSR count). The van der Waals surface area contributed by atoms with Gasteiger partial charge in [0.25, 0.3) is 0 Å². The first-order chi connectivity index (χ1) is 7.15. The van der Waals surface area contributed by atoms with E-state index >= 15 is 0 Å². The summed E-state index contributed by atoms with van der Waals surface area (Å²) >= 11 is 0. The Morgan fingerprint density at radius 3 is 2.93 bits per heavy atom. The van der Waals surface area contributed by atoms with Crippen molar-refractivity contribution in [3.05, 3.63) is 0 Å². The molecule has 0 aromatic heterocycles. The Labute approximate surface area is 90.5 Å². The lowest BCUT2D eigenvalue weighted by Gasteiger charge is -2.36. The molecule has 0 aliphatic carbocycles. The van der Waals surface area contributed by atoms with Gasteiger partial charge in [0, 0.05) is 12.5 Å². The van der Waals surface area contributed by atoms with Crippen LogP contribution in [0.5, 0.6) is 0 Å². The minimum absolute atomic E-state index is 0.174. The molecular formula is C11H18N2O2. The van der Waals surface area contributed by atoms with E-state index in [0.717, 1.165) is 32.4 Å². The van der Waals surface area contributed by atoms with Crippen LogP contribution in [0.25, 0.3) is 0 Å². The molecule has 0 radical (unpaired) electrons. The predicted molar refractivity (Wildman–Crippen MR) is 56.2 cm³/mol. The summed E-state index contributed by atoms with van der Waals surface area (Å²) in [4.78, 5) is 13.1. The van der Waals surface area contributed by atoms with Crippen LogP contribution in [0, 0.1) is 17.2 Å². The van der Waals surface area contributed by atoms with Crippen molar-refractivity contribution in [2.75, 3.05) is 13.1 Å². The van der Waals surface area contributed by atoms with Gasteiger partial charge in [-0.15, -0.1) is 0 Å². The molecule has 1 fully saturated rings. The Hall–Kier alpha value is -1.08. The van der Waals surface area contributed by atoms with Crippen LogP contribution >= 0.6 is 0 Å². The molecule has 1 heterocycles. The fourth-order valence-corrected chi connectivity index (χ4v) is 2.14. The van der Waals surface area contributed by atoms with Gasteiger partial charge in [-0.3, -0.25) is 4.79 Å². The van der Waals surface area contributed by atoms with Gasteiger partial charge < -0.3 is 10.0 Å². The van der Waals surface area contributed by atoms with E-state index in [9.17, 15) is 4.79 Å². The van der Waals surface area contributed by atoms with Gasteiger partial charge in [-0.1, -0.05) is 0 Å². The highest BCUT2D eigenvalue weighted by Gasteiger charge is 2.28. The van der Waals surface area contributed by atoms with Crippen LogP contribution in [0.4, 0.5) is 0 Å². The Bertz CT molecular complexity index is 260. The van der Waals surface area contributed by atoms with E-state index in [1.54, 1.807) is 0 Å². The minimum Gasteiger partial charge on any atom is -0.481 e. The highest BCUT2D eigenvalue weighted by molar-refractivity contribution is 5.70. The molecule has 15 heavy (non-hydrogen) atoms. The van der Waals surface area contributed by atoms with Crippen LogP contribution in [0.15, 0.2) is 0 Å². The predicted octanol–water partition coefficient (Wildman–Crippen LogP) is 1.48.